The highest BCUT2D eigenvalue weighted by atomic mass is 16.4. The largest absolute Gasteiger partial charge is 0.480 e. The fourth-order valence-electron chi connectivity index (χ4n) is 2.65. The number of carboxylic acids is 1. The van der Waals surface area contributed by atoms with Crippen LogP contribution in [0.3, 0.4) is 0 Å². The molecule has 1 atom stereocenters. The maximum absolute atomic E-state index is 12.3. The van der Waals surface area contributed by atoms with E-state index >= 15 is 0 Å². The highest BCUT2D eigenvalue weighted by molar-refractivity contribution is 5.80. The molecule has 2 saturated heterocycles. The minimum absolute atomic E-state index is 0.00942. The zero-order valence-corrected chi connectivity index (χ0v) is 11.3. The molecule has 1 unspecified atom stereocenters. The molecule has 2 aliphatic heterocycles. The first-order valence-corrected chi connectivity index (χ1v) is 6.74. The third-order valence-corrected chi connectivity index (χ3v) is 3.86. The van der Waals surface area contributed by atoms with Gasteiger partial charge in [-0.3, -0.25) is 14.5 Å². The Morgan fingerprint density at radius 1 is 1.05 bits per heavy atom. The van der Waals surface area contributed by atoms with Gasteiger partial charge in [0, 0.05) is 39.3 Å². The lowest BCUT2D eigenvalue weighted by Gasteiger charge is -2.35. The number of amides is 3. The second kappa shape index (κ2) is 6.08. The van der Waals surface area contributed by atoms with E-state index in [9.17, 15) is 14.4 Å². The maximum Gasteiger partial charge on any atom is 0.320 e. The molecule has 3 N–H and O–H groups in total. The molecule has 2 heterocycles. The summed E-state index contributed by atoms with van der Waals surface area (Å²) in [6, 6.07) is -0.0799. The molecule has 20 heavy (non-hydrogen) atoms. The van der Waals surface area contributed by atoms with Crippen LogP contribution in [0.1, 0.15) is 6.42 Å². The Balaban J connectivity index is 1.80. The van der Waals surface area contributed by atoms with Crippen molar-refractivity contribution in [3.05, 3.63) is 0 Å². The van der Waals surface area contributed by atoms with Crippen molar-refractivity contribution in [2.45, 2.75) is 6.42 Å². The van der Waals surface area contributed by atoms with Crippen LogP contribution >= 0.6 is 0 Å². The first-order chi connectivity index (χ1) is 9.47. The molecular formula is C12H20N4O4. The fourth-order valence-corrected chi connectivity index (χ4v) is 2.65. The third kappa shape index (κ3) is 3.38. The van der Waals surface area contributed by atoms with Crippen molar-refractivity contribution in [2.75, 3.05) is 45.8 Å². The van der Waals surface area contributed by atoms with Crippen LogP contribution in [0, 0.1) is 5.92 Å². The van der Waals surface area contributed by atoms with Crippen molar-refractivity contribution in [1.29, 1.82) is 0 Å². The molecule has 8 heteroatoms. The first-order valence-electron chi connectivity index (χ1n) is 6.74. The minimum atomic E-state index is -0.853. The van der Waals surface area contributed by atoms with E-state index in [1.807, 2.05) is 4.90 Å². The quantitative estimate of drug-likeness (QED) is 0.664. The zero-order valence-electron chi connectivity index (χ0n) is 11.3. The van der Waals surface area contributed by atoms with Crippen molar-refractivity contribution >= 4 is 17.9 Å². The van der Waals surface area contributed by atoms with Crippen molar-refractivity contribution in [1.82, 2.24) is 14.7 Å². The van der Waals surface area contributed by atoms with Gasteiger partial charge in [-0.2, -0.15) is 0 Å². The van der Waals surface area contributed by atoms with E-state index < -0.39 is 5.97 Å². The normalized spacial score (nSPS) is 23.9. The van der Waals surface area contributed by atoms with Crippen molar-refractivity contribution in [2.24, 2.45) is 11.7 Å². The van der Waals surface area contributed by atoms with Gasteiger partial charge in [-0.1, -0.05) is 0 Å². The lowest BCUT2D eigenvalue weighted by Crippen LogP contribution is -2.53. The molecule has 0 saturated carbocycles. The second-order valence-corrected chi connectivity index (χ2v) is 5.27. The molecule has 0 aromatic carbocycles. The summed E-state index contributed by atoms with van der Waals surface area (Å²) in [6.07, 6.45) is 0.625. The van der Waals surface area contributed by atoms with Gasteiger partial charge in [0.2, 0.25) is 5.91 Å². The van der Waals surface area contributed by atoms with Gasteiger partial charge in [0.1, 0.15) is 0 Å². The van der Waals surface area contributed by atoms with Gasteiger partial charge in [0.25, 0.3) is 0 Å². The molecule has 0 aliphatic carbocycles. The number of nitrogens with two attached hydrogens (primary N) is 1. The van der Waals surface area contributed by atoms with Crippen LogP contribution in [0.2, 0.25) is 0 Å². The van der Waals surface area contributed by atoms with Crippen LogP contribution in [0.15, 0.2) is 0 Å². The van der Waals surface area contributed by atoms with E-state index in [0.29, 0.717) is 45.7 Å². The monoisotopic (exact) mass is 284 g/mol. The second-order valence-electron chi connectivity index (χ2n) is 5.27. The number of hydrogen-bond acceptors (Lipinski definition) is 4. The molecule has 3 amide bonds. The number of piperazine rings is 1. The molecule has 0 spiro atoms. The number of carbonyl (C=O) groups excluding carboxylic acids is 2. The minimum Gasteiger partial charge on any atom is -0.480 e. The van der Waals surface area contributed by atoms with E-state index in [0.717, 1.165) is 0 Å². The van der Waals surface area contributed by atoms with Gasteiger partial charge in [-0.05, 0) is 6.42 Å². The maximum atomic E-state index is 12.3. The summed E-state index contributed by atoms with van der Waals surface area (Å²) in [4.78, 5) is 39.2. The summed E-state index contributed by atoms with van der Waals surface area (Å²) in [5.74, 6) is -1.45. The molecule has 0 radical (unpaired) electrons. The van der Waals surface area contributed by atoms with E-state index in [-0.39, 0.29) is 24.4 Å². The summed E-state index contributed by atoms with van der Waals surface area (Å²) in [5.41, 5.74) is 5.25. The van der Waals surface area contributed by atoms with Crippen molar-refractivity contribution in [3.8, 4) is 0 Å². The lowest BCUT2D eigenvalue weighted by atomic mass is 10.1. The van der Waals surface area contributed by atoms with Crippen LogP contribution in [-0.4, -0.2) is 83.5 Å². The topological polar surface area (TPSA) is 107 Å². The Kier molecular flexibility index (Phi) is 4.43. The number of carbonyl (C=O) groups is 3. The van der Waals surface area contributed by atoms with Gasteiger partial charge < -0.3 is 20.6 Å². The van der Waals surface area contributed by atoms with Crippen molar-refractivity contribution in [3.63, 3.8) is 0 Å². The fraction of sp³-hybridized carbons (Fsp3) is 0.750. The number of aliphatic carboxylic acids is 1. The molecular weight excluding hydrogens is 264 g/mol. The Labute approximate surface area is 117 Å². The Bertz CT molecular complexity index is 406. The molecule has 2 aliphatic rings. The van der Waals surface area contributed by atoms with Gasteiger partial charge in [-0.15, -0.1) is 0 Å². The van der Waals surface area contributed by atoms with Crippen LogP contribution in [0.5, 0.6) is 0 Å². The van der Waals surface area contributed by atoms with Gasteiger partial charge >= 0.3 is 12.0 Å². The number of hydrogen-bond donors (Lipinski definition) is 2. The highest BCUT2D eigenvalue weighted by Gasteiger charge is 2.33. The molecule has 0 aromatic heterocycles. The van der Waals surface area contributed by atoms with E-state index in [2.05, 4.69) is 0 Å². The Morgan fingerprint density at radius 3 is 2.20 bits per heavy atom. The molecule has 0 bridgehead atoms. The molecule has 112 valence electrons. The van der Waals surface area contributed by atoms with Gasteiger partial charge in [-0.25, -0.2) is 4.79 Å². The predicted octanol–water partition coefficient (Wildman–Crippen LogP) is -1.38. The zero-order chi connectivity index (χ0) is 14.7. The van der Waals surface area contributed by atoms with Crippen LogP contribution < -0.4 is 5.73 Å². The summed E-state index contributed by atoms with van der Waals surface area (Å²) in [5, 5.41) is 8.72. The average Bonchev–Trinajstić information content (AvgIpc) is 2.88. The molecule has 2 fully saturated rings. The standard InChI is InChI=1S/C12H20N4O4/c13-11(19)9-1-2-16(7-9)12(20)15-5-3-14(4-6-15)8-10(17)18/h9H,1-8H2,(H2,13,19)(H,17,18). The highest BCUT2D eigenvalue weighted by Crippen LogP contribution is 2.18. The van der Waals surface area contributed by atoms with Crippen LogP contribution in [-0.2, 0) is 9.59 Å². The molecule has 0 aromatic rings. The van der Waals surface area contributed by atoms with E-state index in [1.54, 1.807) is 9.80 Å². The molecule has 8 nitrogen and oxygen atoms in total. The summed E-state index contributed by atoms with van der Waals surface area (Å²) in [6.45, 7) is 3.12. The number of primary amides is 1. The third-order valence-electron chi connectivity index (χ3n) is 3.86. The SMILES string of the molecule is NC(=O)C1CCN(C(=O)N2CCN(CC(=O)O)CC2)C1. The van der Waals surface area contributed by atoms with Crippen LogP contribution in [0.25, 0.3) is 0 Å². The van der Waals surface area contributed by atoms with Gasteiger partial charge in [0.05, 0.1) is 12.5 Å². The Morgan fingerprint density at radius 2 is 1.70 bits per heavy atom. The van der Waals surface area contributed by atoms with E-state index in [4.69, 9.17) is 10.8 Å². The van der Waals surface area contributed by atoms with Gasteiger partial charge in [0.15, 0.2) is 0 Å². The van der Waals surface area contributed by atoms with E-state index in [1.165, 1.54) is 0 Å². The average molecular weight is 284 g/mol. The number of urea groups is 1. The first kappa shape index (κ1) is 14.6. The smallest absolute Gasteiger partial charge is 0.320 e. The predicted molar refractivity (Wildman–Crippen MR) is 69.9 cm³/mol. The number of likely N-dealkylation sites (tertiary alicyclic amines) is 1. The summed E-state index contributed by atoms with van der Waals surface area (Å²) >= 11 is 0. The number of carboxylic acid groups (broad SMARTS) is 1. The lowest BCUT2D eigenvalue weighted by molar-refractivity contribution is -0.138. The Hall–Kier alpha value is -1.83. The number of rotatable bonds is 3. The summed E-state index contributed by atoms with van der Waals surface area (Å²) < 4.78 is 0. The van der Waals surface area contributed by atoms with Crippen molar-refractivity contribution < 1.29 is 19.5 Å². The number of nitrogens with zero attached hydrogens (tertiary/aromatic N) is 3. The van der Waals surface area contributed by atoms with Crippen LogP contribution in [0.4, 0.5) is 4.79 Å². The summed E-state index contributed by atoms with van der Waals surface area (Å²) in [7, 11) is 0. The molecule has 2 rings (SSSR count).